The normalized spacial score (nSPS) is 11.6. The van der Waals surface area contributed by atoms with Gasteiger partial charge in [-0.15, -0.1) is 11.3 Å². The molecule has 0 amide bonds. The summed E-state index contributed by atoms with van der Waals surface area (Å²) < 4.78 is 5.74. The van der Waals surface area contributed by atoms with E-state index in [0.717, 1.165) is 11.3 Å². The van der Waals surface area contributed by atoms with Crippen LogP contribution < -0.4 is 10.5 Å². The van der Waals surface area contributed by atoms with Crippen molar-refractivity contribution in [2.75, 3.05) is 0 Å². The first kappa shape index (κ1) is 14.7. The largest absolute Gasteiger partial charge is 0.487 e. The fraction of sp³-hybridized carbons (Fsp3) is 0.214. The van der Waals surface area contributed by atoms with Crippen molar-refractivity contribution in [2.45, 2.75) is 20.0 Å². The van der Waals surface area contributed by atoms with E-state index >= 15 is 0 Å². The quantitative estimate of drug-likeness (QED) is 0.383. The van der Waals surface area contributed by atoms with Crippen molar-refractivity contribution in [1.82, 2.24) is 0 Å². The highest BCUT2D eigenvalue weighted by Crippen LogP contribution is 2.25. The lowest BCUT2D eigenvalue weighted by Crippen LogP contribution is -2.14. The van der Waals surface area contributed by atoms with Gasteiger partial charge in [-0.25, -0.2) is 0 Å². The smallest absolute Gasteiger partial charge is 0.173 e. The third-order valence-corrected chi connectivity index (χ3v) is 4.20. The molecule has 1 aromatic carbocycles. The van der Waals surface area contributed by atoms with Crippen LogP contribution in [-0.2, 0) is 13.0 Å². The minimum Gasteiger partial charge on any atom is -0.487 e. The first-order valence-electron chi connectivity index (χ1n) is 6.12. The van der Waals surface area contributed by atoms with Gasteiger partial charge in [0.25, 0.3) is 0 Å². The topological polar surface area (TPSA) is 67.8 Å². The van der Waals surface area contributed by atoms with E-state index in [2.05, 4.69) is 18.1 Å². The molecule has 2 aromatic rings. The van der Waals surface area contributed by atoms with E-state index in [0.29, 0.717) is 22.9 Å². The van der Waals surface area contributed by atoms with Gasteiger partial charge in [0.05, 0.1) is 5.56 Å². The van der Waals surface area contributed by atoms with Crippen LogP contribution in [0.2, 0.25) is 5.02 Å². The van der Waals surface area contributed by atoms with E-state index in [-0.39, 0.29) is 5.84 Å². The number of hydrogen-bond acceptors (Lipinski definition) is 4. The van der Waals surface area contributed by atoms with Crippen LogP contribution in [0.5, 0.6) is 5.75 Å². The molecule has 4 nitrogen and oxygen atoms in total. The van der Waals surface area contributed by atoms with Crippen molar-refractivity contribution in [1.29, 1.82) is 0 Å². The number of thiophene rings is 1. The third-order valence-electron chi connectivity index (χ3n) is 2.76. The zero-order chi connectivity index (χ0) is 14.5. The highest BCUT2D eigenvalue weighted by Gasteiger charge is 2.10. The maximum absolute atomic E-state index is 8.78. The standard InChI is InChI=1S/C14H15ClN2O2S/c1-2-10-4-5-11(20-10)8-19-13-7-9(15)3-6-12(13)14(16)17-18/h3-7,18H,2,8H2,1H3,(H2,16,17). The number of oxime groups is 1. The van der Waals surface area contributed by atoms with Crippen molar-refractivity contribution in [3.05, 3.63) is 50.7 Å². The second kappa shape index (κ2) is 6.63. The number of nitrogens with zero attached hydrogens (tertiary/aromatic N) is 1. The Bertz CT molecular complexity index is 625. The molecule has 20 heavy (non-hydrogen) atoms. The summed E-state index contributed by atoms with van der Waals surface area (Å²) in [6.45, 7) is 2.54. The second-order valence-electron chi connectivity index (χ2n) is 4.14. The number of aryl methyl sites for hydroxylation is 1. The molecule has 0 aliphatic heterocycles. The Labute approximate surface area is 126 Å². The Morgan fingerprint density at radius 3 is 2.75 bits per heavy atom. The molecule has 3 N–H and O–H groups in total. The van der Waals surface area contributed by atoms with E-state index in [9.17, 15) is 0 Å². The molecule has 0 saturated heterocycles. The average molecular weight is 311 g/mol. The Balaban J connectivity index is 2.17. The van der Waals surface area contributed by atoms with Crippen LogP contribution >= 0.6 is 22.9 Å². The molecule has 6 heteroatoms. The maximum atomic E-state index is 8.78. The van der Waals surface area contributed by atoms with Crippen molar-refractivity contribution < 1.29 is 9.94 Å². The predicted octanol–water partition coefficient (Wildman–Crippen LogP) is 3.64. The molecule has 1 aromatic heterocycles. The summed E-state index contributed by atoms with van der Waals surface area (Å²) in [7, 11) is 0. The molecule has 2 rings (SSSR count). The van der Waals surface area contributed by atoms with Crippen molar-refractivity contribution in [3.8, 4) is 5.75 Å². The van der Waals surface area contributed by atoms with Gasteiger partial charge in [0, 0.05) is 14.8 Å². The SMILES string of the molecule is CCc1ccc(COc2cc(Cl)ccc2/C(N)=N/O)s1. The van der Waals surface area contributed by atoms with Crippen LogP contribution in [0, 0.1) is 0 Å². The molecular weight excluding hydrogens is 296 g/mol. The fourth-order valence-corrected chi connectivity index (χ4v) is 2.75. The van der Waals surface area contributed by atoms with Crippen molar-refractivity contribution in [2.24, 2.45) is 10.9 Å². The summed E-state index contributed by atoms with van der Waals surface area (Å²) in [5.41, 5.74) is 6.14. The number of halogens is 1. The Kier molecular flexibility index (Phi) is 4.87. The summed E-state index contributed by atoms with van der Waals surface area (Å²) in [5.74, 6) is 0.497. The predicted molar refractivity (Wildman–Crippen MR) is 82.0 cm³/mol. The minimum atomic E-state index is -0.00269. The highest BCUT2D eigenvalue weighted by atomic mass is 35.5. The van der Waals surface area contributed by atoms with Gasteiger partial charge in [-0.05, 0) is 36.8 Å². The zero-order valence-electron chi connectivity index (χ0n) is 11.0. The lowest BCUT2D eigenvalue weighted by atomic mass is 10.2. The van der Waals surface area contributed by atoms with Gasteiger partial charge in [-0.2, -0.15) is 0 Å². The molecule has 0 spiro atoms. The summed E-state index contributed by atoms with van der Waals surface area (Å²) in [4.78, 5) is 2.43. The summed E-state index contributed by atoms with van der Waals surface area (Å²) in [5, 5.41) is 12.3. The van der Waals surface area contributed by atoms with E-state index in [4.69, 9.17) is 27.3 Å². The lowest BCUT2D eigenvalue weighted by molar-refractivity contribution is 0.306. The zero-order valence-corrected chi connectivity index (χ0v) is 12.5. The molecule has 0 fully saturated rings. The number of ether oxygens (including phenoxy) is 1. The van der Waals surface area contributed by atoms with Gasteiger partial charge < -0.3 is 15.7 Å². The lowest BCUT2D eigenvalue weighted by Gasteiger charge is -2.10. The highest BCUT2D eigenvalue weighted by molar-refractivity contribution is 7.11. The van der Waals surface area contributed by atoms with Gasteiger partial charge in [-0.3, -0.25) is 0 Å². The molecule has 0 bridgehead atoms. The Morgan fingerprint density at radius 1 is 1.35 bits per heavy atom. The molecule has 0 aliphatic rings. The van der Waals surface area contributed by atoms with E-state index in [1.165, 1.54) is 4.88 Å². The summed E-state index contributed by atoms with van der Waals surface area (Å²) in [6.07, 6.45) is 1.01. The molecule has 0 unspecified atom stereocenters. The van der Waals surface area contributed by atoms with Gasteiger partial charge >= 0.3 is 0 Å². The van der Waals surface area contributed by atoms with Crippen LogP contribution in [0.3, 0.4) is 0 Å². The Hall–Kier alpha value is -1.72. The first-order valence-corrected chi connectivity index (χ1v) is 7.31. The second-order valence-corrected chi connectivity index (χ2v) is 5.83. The molecule has 106 valence electrons. The molecule has 0 aliphatic carbocycles. The summed E-state index contributed by atoms with van der Waals surface area (Å²) in [6, 6.07) is 9.12. The average Bonchev–Trinajstić information content (AvgIpc) is 2.92. The molecule has 0 radical (unpaired) electrons. The molecule has 0 atom stereocenters. The number of nitrogens with two attached hydrogens (primary N) is 1. The summed E-state index contributed by atoms with van der Waals surface area (Å²) >= 11 is 7.66. The van der Waals surface area contributed by atoms with Crippen LogP contribution in [0.4, 0.5) is 0 Å². The van der Waals surface area contributed by atoms with Crippen molar-refractivity contribution >= 4 is 28.8 Å². The van der Waals surface area contributed by atoms with Crippen LogP contribution in [0.15, 0.2) is 35.5 Å². The monoisotopic (exact) mass is 310 g/mol. The first-order chi connectivity index (χ1) is 9.63. The van der Waals surface area contributed by atoms with E-state index in [1.807, 2.05) is 6.07 Å². The Morgan fingerprint density at radius 2 is 2.10 bits per heavy atom. The third kappa shape index (κ3) is 3.43. The molecular formula is C14H15ClN2O2S. The van der Waals surface area contributed by atoms with Gasteiger partial charge in [0.1, 0.15) is 12.4 Å². The number of benzene rings is 1. The minimum absolute atomic E-state index is 0.00269. The van der Waals surface area contributed by atoms with Crippen LogP contribution in [-0.4, -0.2) is 11.0 Å². The number of amidine groups is 1. The van der Waals surface area contributed by atoms with E-state index in [1.54, 1.807) is 29.5 Å². The number of hydrogen-bond donors (Lipinski definition) is 2. The number of rotatable bonds is 5. The van der Waals surface area contributed by atoms with Gasteiger partial charge in [0.2, 0.25) is 0 Å². The maximum Gasteiger partial charge on any atom is 0.173 e. The molecule has 1 heterocycles. The van der Waals surface area contributed by atoms with Crippen LogP contribution in [0.1, 0.15) is 22.2 Å². The van der Waals surface area contributed by atoms with Crippen LogP contribution in [0.25, 0.3) is 0 Å². The fourth-order valence-electron chi connectivity index (χ4n) is 1.72. The molecule has 0 saturated carbocycles. The van der Waals surface area contributed by atoms with Gasteiger partial charge in [-0.1, -0.05) is 23.7 Å². The van der Waals surface area contributed by atoms with Gasteiger partial charge in [0.15, 0.2) is 5.84 Å². The van der Waals surface area contributed by atoms with Crippen molar-refractivity contribution in [3.63, 3.8) is 0 Å². The van der Waals surface area contributed by atoms with E-state index < -0.39 is 0 Å².